The fourth-order valence-corrected chi connectivity index (χ4v) is 3.07. The summed E-state index contributed by atoms with van der Waals surface area (Å²) in [7, 11) is 0. The summed E-state index contributed by atoms with van der Waals surface area (Å²) in [5.41, 5.74) is 4.44. The van der Waals surface area contributed by atoms with Gasteiger partial charge in [0.25, 0.3) is 0 Å². The van der Waals surface area contributed by atoms with Crippen LogP contribution in [0.5, 0.6) is 0 Å². The second-order valence-electron chi connectivity index (χ2n) is 5.39. The van der Waals surface area contributed by atoms with Gasteiger partial charge in [-0.3, -0.25) is 15.0 Å². The molecule has 4 heterocycles. The summed E-state index contributed by atoms with van der Waals surface area (Å²) in [4.78, 5) is 13.4. The van der Waals surface area contributed by atoms with Crippen molar-refractivity contribution < 1.29 is 4.42 Å². The number of benzene rings is 1. The van der Waals surface area contributed by atoms with Crippen LogP contribution in [0.2, 0.25) is 0 Å². The summed E-state index contributed by atoms with van der Waals surface area (Å²) < 4.78 is 5.93. The lowest BCUT2D eigenvalue weighted by Crippen LogP contribution is -1.88. The van der Waals surface area contributed by atoms with E-state index in [9.17, 15) is 0 Å². The summed E-state index contributed by atoms with van der Waals surface area (Å²) in [5.74, 6) is 0. The molecule has 0 aliphatic heterocycles. The number of furan rings is 1. The monoisotopic (exact) mass is 297 g/mol. The van der Waals surface area contributed by atoms with Crippen LogP contribution in [-0.4, -0.2) is 15.0 Å². The minimum absolute atomic E-state index is 0.811. The van der Waals surface area contributed by atoms with E-state index in [0.29, 0.717) is 0 Å². The Morgan fingerprint density at radius 1 is 0.783 bits per heavy atom. The molecule has 0 amide bonds. The smallest absolute Gasteiger partial charge is 0.139 e. The molecule has 0 N–H and O–H groups in total. The van der Waals surface area contributed by atoms with Crippen molar-refractivity contribution in [3.05, 3.63) is 67.3 Å². The fourth-order valence-electron chi connectivity index (χ4n) is 3.07. The van der Waals surface area contributed by atoms with E-state index in [4.69, 9.17) is 4.42 Å². The summed E-state index contributed by atoms with van der Waals surface area (Å²) >= 11 is 0. The number of para-hydroxylation sites is 1. The molecular weight excluding hydrogens is 286 g/mol. The maximum atomic E-state index is 5.93. The van der Waals surface area contributed by atoms with Crippen LogP contribution in [0.15, 0.2) is 71.7 Å². The zero-order valence-electron chi connectivity index (χ0n) is 12.1. The van der Waals surface area contributed by atoms with Crippen molar-refractivity contribution in [2.75, 3.05) is 0 Å². The van der Waals surface area contributed by atoms with Crippen LogP contribution in [0.25, 0.3) is 44.1 Å². The quantitative estimate of drug-likeness (QED) is 0.454. The number of fused-ring (bicyclic) bond motifs is 4. The summed E-state index contributed by atoms with van der Waals surface area (Å²) in [6.07, 6.45) is 7.14. The molecule has 0 atom stereocenters. The molecule has 0 saturated carbocycles. The highest BCUT2D eigenvalue weighted by atomic mass is 16.3. The molecule has 0 radical (unpaired) electrons. The van der Waals surface area contributed by atoms with Gasteiger partial charge in [-0.05, 0) is 18.2 Å². The Morgan fingerprint density at radius 2 is 1.70 bits per heavy atom. The molecule has 0 aliphatic rings. The number of pyridine rings is 3. The number of hydrogen-bond donors (Lipinski definition) is 0. The topological polar surface area (TPSA) is 51.8 Å². The molecule has 0 fully saturated rings. The van der Waals surface area contributed by atoms with Crippen molar-refractivity contribution in [2.24, 2.45) is 0 Å². The minimum atomic E-state index is 0.811. The molecule has 0 bridgehead atoms. The Balaban J connectivity index is 1.96. The van der Waals surface area contributed by atoms with E-state index in [1.165, 1.54) is 0 Å². The van der Waals surface area contributed by atoms with E-state index in [2.05, 4.69) is 27.1 Å². The van der Waals surface area contributed by atoms with Gasteiger partial charge in [0.2, 0.25) is 0 Å². The van der Waals surface area contributed by atoms with E-state index in [1.54, 1.807) is 18.6 Å². The molecule has 4 nitrogen and oxygen atoms in total. The average molecular weight is 297 g/mol. The molecule has 108 valence electrons. The third-order valence-electron chi connectivity index (χ3n) is 4.07. The number of rotatable bonds is 1. The maximum Gasteiger partial charge on any atom is 0.139 e. The van der Waals surface area contributed by atoms with Gasteiger partial charge < -0.3 is 4.42 Å². The molecule has 0 saturated heterocycles. The van der Waals surface area contributed by atoms with Gasteiger partial charge in [0.05, 0.1) is 16.6 Å². The van der Waals surface area contributed by atoms with Crippen LogP contribution >= 0.6 is 0 Å². The lowest BCUT2D eigenvalue weighted by molar-refractivity contribution is 0.668. The maximum absolute atomic E-state index is 5.93. The molecule has 5 rings (SSSR count). The summed E-state index contributed by atoms with van der Waals surface area (Å²) in [6.45, 7) is 0. The van der Waals surface area contributed by atoms with Gasteiger partial charge in [0.1, 0.15) is 11.2 Å². The molecule has 1 aromatic carbocycles. The molecule has 23 heavy (non-hydrogen) atoms. The lowest BCUT2D eigenvalue weighted by atomic mass is 10.0. The lowest BCUT2D eigenvalue weighted by Gasteiger charge is -2.06. The third-order valence-corrected chi connectivity index (χ3v) is 4.07. The first-order valence-electron chi connectivity index (χ1n) is 7.37. The van der Waals surface area contributed by atoms with Crippen LogP contribution in [0.4, 0.5) is 0 Å². The predicted molar refractivity (Wildman–Crippen MR) is 90.0 cm³/mol. The van der Waals surface area contributed by atoms with Gasteiger partial charge in [-0.1, -0.05) is 24.3 Å². The van der Waals surface area contributed by atoms with Gasteiger partial charge in [0, 0.05) is 41.1 Å². The largest absolute Gasteiger partial charge is 0.456 e. The molecular formula is C19H11N3O. The van der Waals surface area contributed by atoms with Crippen molar-refractivity contribution in [1.82, 2.24) is 15.0 Å². The highest BCUT2D eigenvalue weighted by Crippen LogP contribution is 2.36. The van der Waals surface area contributed by atoms with Gasteiger partial charge in [0.15, 0.2) is 0 Å². The predicted octanol–water partition coefficient (Wildman–Crippen LogP) is 4.59. The highest BCUT2D eigenvalue weighted by molar-refractivity contribution is 6.13. The summed E-state index contributed by atoms with van der Waals surface area (Å²) in [5, 5.41) is 3.04. The number of aromatic nitrogens is 3. The van der Waals surface area contributed by atoms with E-state index in [-0.39, 0.29) is 0 Å². The Morgan fingerprint density at radius 3 is 2.70 bits per heavy atom. The van der Waals surface area contributed by atoms with Crippen LogP contribution in [0, 0.1) is 0 Å². The first kappa shape index (κ1) is 12.3. The van der Waals surface area contributed by atoms with Gasteiger partial charge in [-0.15, -0.1) is 0 Å². The molecule has 4 aromatic heterocycles. The zero-order valence-corrected chi connectivity index (χ0v) is 12.1. The van der Waals surface area contributed by atoms with E-state index in [0.717, 1.165) is 44.1 Å². The standard InChI is InChI=1S/C19H11N3O/c1-3-12-4-2-8-21-18(12)13(5-1)19-17-14-11-20-9-6-15(14)23-16(17)7-10-22-19/h1-11H. The van der Waals surface area contributed by atoms with Crippen molar-refractivity contribution in [1.29, 1.82) is 0 Å². The van der Waals surface area contributed by atoms with Crippen molar-refractivity contribution in [3.63, 3.8) is 0 Å². The second-order valence-corrected chi connectivity index (χ2v) is 5.39. The van der Waals surface area contributed by atoms with Crippen LogP contribution in [0.1, 0.15) is 0 Å². The molecule has 0 aliphatic carbocycles. The SMILES string of the molecule is c1cnc2c(-c3nccc4oc5ccncc5c34)cccc2c1. The molecule has 0 spiro atoms. The van der Waals surface area contributed by atoms with Crippen molar-refractivity contribution >= 4 is 32.8 Å². The Kier molecular flexibility index (Phi) is 2.46. The van der Waals surface area contributed by atoms with Crippen LogP contribution < -0.4 is 0 Å². The second kappa shape index (κ2) is 4.61. The van der Waals surface area contributed by atoms with E-state index < -0.39 is 0 Å². The van der Waals surface area contributed by atoms with Crippen LogP contribution in [-0.2, 0) is 0 Å². The van der Waals surface area contributed by atoms with Crippen molar-refractivity contribution in [3.8, 4) is 11.3 Å². The highest BCUT2D eigenvalue weighted by Gasteiger charge is 2.15. The fraction of sp³-hybridized carbons (Fsp3) is 0. The minimum Gasteiger partial charge on any atom is -0.456 e. The number of hydrogen-bond acceptors (Lipinski definition) is 4. The average Bonchev–Trinajstić information content (AvgIpc) is 3.00. The Labute approximate surface area is 131 Å². The van der Waals surface area contributed by atoms with Gasteiger partial charge in [-0.2, -0.15) is 0 Å². The first-order valence-corrected chi connectivity index (χ1v) is 7.37. The molecule has 0 unspecified atom stereocenters. The first-order chi connectivity index (χ1) is 11.4. The number of nitrogens with zero attached hydrogens (tertiary/aromatic N) is 3. The van der Waals surface area contributed by atoms with E-state index in [1.807, 2.05) is 36.5 Å². The van der Waals surface area contributed by atoms with Crippen LogP contribution in [0.3, 0.4) is 0 Å². The van der Waals surface area contributed by atoms with Gasteiger partial charge >= 0.3 is 0 Å². The zero-order chi connectivity index (χ0) is 15.2. The normalized spacial score (nSPS) is 11.5. The Bertz CT molecular complexity index is 1170. The van der Waals surface area contributed by atoms with E-state index >= 15 is 0 Å². The van der Waals surface area contributed by atoms with Gasteiger partial charge in [-0.25, -0.2) is 0 Å². The molecule has 4 heteroatoms. The van der Waals surface area contributed by atoms with Crippen molar-refractivity contribution in [2.45, 2.75) is 0 Å². The molecule has 5 aromatic rings. The third kappa shape index (κ3) is 1.75. The Hall–Kier alpha value is -3.27. The summed E-state index contributed by atoms with van der Waals surface area (Å²) in [6, 6.07) is 13.9.